The van der Waals surface area contributed by atoms with Crippen molar-refractivity contribution in [2.24, 2.45) is 4.99 Å². The maximum absolute atomic E-state index is 11.8. The number of aliphatic imine (C=N–C) groups is 1. The maximum atomic E-state index is 11.8. The van der Waals surface area contributed by atoms with E-state index in [1.54, 1.807) is 30.3 Å². The van der Waals surface area contributed by atoms with Gasteiger partial charge in [-0.15, -0.1) is 35.3 Å². The lowest BCUT2D eigenvalue weighted by Gasteiger charge is -2.26. The number of amides is 1. The number of halogens is 1. The second-order valence-corrected chi connectivity index (χ2v) is 7.72. The molecule has 2 rings (SSSR count). The Morgan fingerprint density at radius 1 is 1.37 bits per heavy atom. The summed E-state index contributed by atoms with van der Waals surface area (Å²) in [6.45, 7) is 8.24. The Hall–Kier alpha value is -0.980. The summed E-state index contributed by atoms with van der Waals surface area (Å²) in [5.74, 6) is 0.625. The summed E-state index contributed by atoms with van der Waals surface area (Å²) in [6.07, 6.45) is 2.88. The van der Waals surface area contributed by atoms with Crippen LogP contribution in [-0.4, -0.2) is 86.7 Å². The number of carbonyl (C=O) groups is 1. The van der Waals surface area contributed by atoms with Gasteiger partial charge in [-0.25, -0.2) is 9.98 Å². The van der Waals surface area contributed by atoms with Crippen LogP contribution in [0.2, 0.25) is 0 Å². The van der Waals surface area contributed by atoms with E-state index in [9.17, 15) is 4.79 Å². The minimum Gasteiger partial charge on any atom is -0.379 e. The molecule has 1 aromatic rings. The molecule has 8 nitrogen and oxygen atoms in total. The number of carbonyl (C=O) groups excluding carboxylic acids is 1. The molecule has 2 heterocycles. The molecular formula is C17H31IN6O2S. The number of aromatic nitrogens is 1. The highest BCUT2D eigenvalue weighted by Gasteiger charge is 2.10. The van der Waals surface area contributed by atoms with Crippen molar-refractivity contribution in [3.63, 3.8) is 0 Å². The molecule has 10 heteroatoms. The number of guanidine groups is 1. The standard InChI is InChI=1S/C17H30N6O2S.HI/c1-14-11-19-15(26-14)12-20-17(21-13-16(24)22(2)3)18-5-4-6-23-7-9-25-10-8-23;/h11H,4-10,12-13H2,1-3H3,(H2,18,20,21);1H. The number of morpholine rings is 1. The van der Waals surface area contributed by atoms with Gasteiger partial charge >= 0.3 is 0 Å². The molecule has 1 saturated heterocycles. The van der Waals surface area contributed by atoms with E-state index in [4.69, 9.17) is 4.74 Å². The van der Waals surface area contributed by atoms with Crippen LogP contribution in [0.15, 0.2) is 11.2 Å². The fraction of sp³-hybridized carbons (Fsp3) is 0.706. The highest BCUT2D eigenvalue weighted by molar-refractivity contribution is 14.0. The molecule has 0 aromatic carbocycles. The predicted molar refractivity (Wildman–Crippen MR) is 120 cm³/mol. The van der Waals surface area contributed by atoms with Crippen molar-refractivity contribution in [1.29, 1.82) is 0 Å². The minimum atomic E-state index is -0.0236. The second-order valence-electron chi connectivity index (χ2n) is 6.41. The van der Waals surface area contributed by atoms with Gasteiger partial charge in [-0.1, -0.05) is 0 Å². The van der Waals surface area contributed by atoms with E-state index >= 15 is 0 Å². The Bertz CT molecular complexity index is 590. The number of aryl methyl sites for hydroxylation is 1. The lowest BCUT2D eigenvalue weighted by molar-refractivity contribution is -0.127. The highest BCUT2D eigenvalue weighted by Crippen LogP contribution is 2.10. The molecule has 1 aliphatic heterocycles. The van der Waals surface area contributed by atoms with Gasteiger partial charge in [-0.05, 0) is 19.9 Å². The molecule has 154 valence electrons. The van der Waals surface area contributed by atoms with E-state index in [2.05, 4.69) is 25.5 Å². The summed E-state index contributed by atoms with van der Waals surface area (Å²) < 4.78 is 5.37. The van der Waals surface area contributed by atoms with Crippen LogP contribution in [0, 0.1) is 6.92 Å². The summed E-state index contributed by atoms with van der Waals surface area (Å²) in [6, 6.07) is 0. The third-order valence-corrected chi connectivity index (χ3v) is 4.91. The fourth-order valence-electron chi connectivity index (χ4n) is 2.44. The number of thiazole rings is 1. The zero-order chi connectivity index (χ0) is 18.8. The number of nitrogens with one attached hydrogen (secondary N) is 2. The first-order chi connectivity index (χ1) is 12.5. The Balaban J connectivity index is 0.00000364. The van der Waals surface area contributed by atoms with Crippen LogP contribution < -0.4 is 10.6 Å². The number of rotatable bonds is 8. The molecule has 0 unspecified atom stereocenters. The SMILES string of the molecule is Cc1cnc(CNC(=NCC(=O)N(C)C)NCCCN2CCOCC2)s1.I. The Kier molecular flexibility index (Phi) is 11.8. The van der Waals surface area contributed by atoms with Gasteiger partial charge in [-0.3, -0.25) is 9.69 Å². The van der Waals surface area contributed by atoms with Crippen molar-refractivity contribution in [2.75, 3.05) is 60.0 Å². The molecule has 0 saturated carbocycles. The monoisotopic (exact) mass is 510 g/mol. The van der Waals surface area contributed by atoms with Gasteiger partial charge in [0, 0.05) is 44.8 Å². The van der Waals surface area contributed by atoms with E-state index in [0.717, 1.165) is 50.8 Å². The van der Waals surface area contributed by atoms with Crippen LogP contribution in [0.4, 0.5) is 0 Å². The lowest BCUT2D eigenvalue weighted by Crippen LogP contribution is -2.41. The summed E-state index contributed by atoms with van der Waals surface area (Å²) in [5, 5.41) is 7.59. The average Bonchev–Trinajstić information content (AvgIpc) is 3.06. The van der Waals surface area contributed by atoms with E-state index in [-0.39, 0.29) is 36.4 Å². The van der Waals surface area contributed by atoms with Gasteiger partial charge in [0.2, 0.25) is 5.91 Å². The van der Waals surface area contributed by atoms with Gasteiger partial charge in [0.25, 0.3) is 0 Å². The summed E-state index contributed by atoms with van der Waals surface area (Å²) in [5.41, 5.74) is 0. The van der Waals surface area contributed by atoms with Gasteiger partial charge in [0.15, 0.2) is 5.96 Å². The molecular weight excluding hydrogens is 479 g/mol. The average molecular weight is 510 g/mol. The van der Waals surface area contributed by atoms with E-state index in [0.29, 0.717) is 12.5 Å². The molecule has 0 radical (unpaired) electrons. The Morgan fingerprint density at radius 2 is 2.11 bits per heavy atom. The number of nitrogens with zero attached hydrogens (tertiary/aromatic N) is 4. The minimum absolute atomic E-state index is 0. The molecule has 1 aliphatic rings. The van der Waals surface area contributed by atoms with Crippen molar-refractivity contribution in [3.8, 4) is 0 Å². The maximum Gasteiger partial charge on any atom is 0.243 e. The normalized spacial score (nSPS) is 15.1. The van der Waals surface area contributed by atoms with Crippen molar-refractivity contribution < 1.29 is 9.53 Å². The zero-order valence-corrected chi connectivity index (χ0v) is 19.5. The van der Waals surface area contributed by atoms with Crippen LogP contribution >= 0.6 is 35.3 Å². The van der Waals surface area contributed by atoms with Crippen molar-refractivity contribution >= 4 is 47.2 Å². The van der Waals surface area contributed by atoms with Gasteiger partial charge in [0.1, 0.15) is 11.6 Å². The highest BCUT2D eigenvalue weighted by atomic mass is 127. The molecule has 1 amide bonds. The van der Waals surface area contributed by atoms with Crippen LogP contribution in [0.1, 0.15) is 16.3 Å². The Morgan fingerprint density at radius 3 is 2.74 bits per heavy atom. The molecule has 0 spiro atoms. The first kappa shape index (κ1) is 24.1. The molecule has 0 bridgehead atoms. The number of likely N-dealkylation sites (N-methyl/N-ethyl adjacent to an activating group) is 1. The van der Waals surface area contributed by atoms with Gasteiger partial charge < -0.3 is 20.3 Å². The van der Waals surface area contributed by atoms with Gasteiger partial charge in [0.05, 0.1) is 19.8 Å². The van der Waals surface area contributed by atoms with Gasteiger partial charge in [-0.2, -0.15) is 0 Å². The number of hydrogen-bond donors (Lipinski definition) is 2. The molecule has 0 aliphatic carbocycles. The van der Waals surface area contributed by atoms with E-state index in [1.807, 2.05) is 13.1 Å². The van der Waals surface area contributed by atoms with Crippen LogP contribution in [-0.2, 0) is 16.1 Å². The predicted octanol–water partition coefficient (Wildman–Crippen LogP) is 0.915. The third-order valence-electron chi connectivity index (χ3n) is 3.99. The molecule has 1 aromatic heterocycles. The van der Waals surface area contributed by atoms with Crippen molar-refractivity contribution in [3.05, 3.63) is 16.1 Å². The largest absolute Gasteiger partial charge is 0.379 e. The van der Waals surface area contributed by atoms with Crippen molar-refractivity contribution in [1.82, 2.24) is 25.4 Å². The number of hydrogen-bond acceptors (Lipinski definition) is 6. The zero-order valence-electron chi connectivity index (χ0n) is 16.4. The summed E-state index contributed by atoms with van der Waals surface area (Å²) >= 11 is 1.66. The van der Waals surface area contributed by atoms with E-state index in [1.165, 1.54) is 4.88 Å². The van der Waals surface area contributed by atoms with Crippen LogP contribution in [0.5, 0.6) is 0 Å². The van der Waals surface area contributed by atoms with Crippen LogP contribution in [0.3, 0.4) is 0 Å². The van der Waals surface area contributed by atoms with E-state index < -0.39 is 0 Å². The second kappa shape index (κ2) is 13.2. The lowest BCUT2D eigenvalue weighted by atomic mass is 10.3. The summed E-state index contributed by atoms with van der Waals surface area (Å²) in [4.78, 5) is 25.7. The summed E-state index contributed by atoms with van der Waals surface area (Å²) in [7, 11) is 3.47. The quantitative estimate of drug-likeness (QED) is 0.234. The molecule has 0 atom stereocenters. The van der Waals surface area contributed by atoms with Crippen molar-refractivity contribution in [2.45, 2.75) is 19.9 Å². The Labute approximate surface area is 182 Å². The van der Waals surface area contributed by atoms with Crippen LogP contribution in [0.25, 0.3) is 0 Å². The third kappa shape index (κ3) is 9.67. The smallest absolute Gasteiger partial charge is 0.243 e. The first-order valence-electron chi connectivity index (χ1n) is 8.98. The number of ether oxygens (including phenoxy) is 1. The topological polar surface area (TPSA) is 82.1 Å². The first-order valence-corrected chi connectivity index (χ1v) is 9.80. The molecule has 1 fully saturated rings. The molecule has 27 heavy (non-hydrogen) atoms. The fourth-order valence-corrected chi connectivity index (χ4v) is 3.17. The molecule has 2 N–H and O–H groups in total.